The molecule has 2 heterocycles. The Balaban J connectivity index is 3.17. The summed E-state index contributed by atoms with van der Waals surface area (Å²) >= 11 is 3.07. The number of carbonyl (C=O) groups excluding carboxylic acids is 11. The number of carbonyl (C=O) groups is 11. The summed E-state index contributed by atoms with van der Waals surface area (Å²) in [5.74, 6) is -7.62. The molecule has 11 amide bonds. The van der Waals surface area contributed by atoms with Crippen molar-refractivity contribution in [2.24, 2.45) is 35.5 Å². The summed E-state index contributed by atoms with van der Waals surface area (Å²) in [6, 6.07) is -12.9. The topological polar surface area (TPSA) is 291 Å². The molecule has 2 aliphatic heterocycles. The van der Waals surface area contributed by atoms with Crippen LogP contribution in [-0.2, 0) is 57.5 Å². The molecule has 2 rings (SSSR count). The molecule has 13 atom stereocenters. The monoisotopic (exact) mass is 1430 g/mol. The van der Waals surface area contributed by atoms with Crippen molar-refractivity contribution in [3.63, 3.8) is 0 Å². The minimum absolute atomic E-state index is 0.0130. The first-order valence-electron chi connectivity index (χ1n) is 35.6. The maximum Gasteiger partial charge on any atom is 0.256 e. The average Bonchev–Trinajstić information content (AvgIpc) is 0.808. The standard InChI is InChI=1S/C72H128N12O13S2/c1-26-29-31-48(14)59(85)58-63(89)75-51(28-3)65(91)83(25)71(99-36-30-32-84-33-37-98-38-34-84)70(96)80(22)55(42-72(17,18)97-35-27-2)62(88)76-56(46(10)11)68(94)77(19)52(39-43(4)5)61(87)73-49(15)60(86)74-50(16)64(90)78(20)53(40-44(6)7)66(92)79(21)54(41-45(8)9)67(93)81(23)57(47(12)13)69(95)82(58)24/h26-27,29,43-59,71,85H,2,28,30-42H2,1,3-25H3,(H,73,87)(H,74,86)(H,75,89)(H,76,88)/b29-26+/t48-,49+,50-,51+,52+,53+,54+,55+,56+,57+,58+,59-,71-/m1/s1. The highest BCUT2D eigenvalue weighted by Crippen LogP contribution is 2.29. The third-order valence-electron chi connectivity index (χ3n) is 18.8. The Kier molecular flexibility index (Phi) is 37.9. The van der Waals surface area contributed by atoms with E-state index < -0.39 is 160 Å². The number of hydrogen-bond acceptors (Lipinski definition) is 16. The Morgan fingerprint density at radius 1 is 0.576 bits per heavy atom. The normalized spacial score (nSPS) is 26.7. The molecule has 0 spiro atoms. The summed E-state index contributed by atoms with van der Waals surface area (Å²) in [6.45, 7) is 36.2. The van der Waals surface area contributed by atoms with Crippen LogP contribution in [0.2, 0.25) is 0 Å². The minimum atomic E-state index is -1.65. The van der Waals surface area contributed by atoms with E-state index in [1.807, 2.05) is 66.3 Å². The molecule has 0 aliphatic carbocycles. The molecule has 0 unspecified atom stereocenters. The highest BCUT2D eigenvalue weighted by molar-refractivity contribution is 8.00. The summed E-state index contributed by atoms with van der Waals surface area (Å²) in [7, 11) is 10.1. The fourth-order valence-corrected chi connectivity index (χ4v) is 14.7. The van der Waals surface area contributed by atoms with Crippen LogP contribution in [0.1, 0.15) is 163 Å². The summed E-state index contributed by atoms with van der Waals surface area (Å²) in [5.41, 5.74) is -1.10. The van der Waals surface area contributed by atoms with Gasteiger partial charge in [0.25, 0.3) is 5.91 Å². The molecule has 2 fully saturated rings. The van der Waals surface area contributed by atoms with E-state index in [1.54, 1.807) is 67.5 Å². The number of hydrogen-bond donors (Lipinski definition) is 5. The Morgan fingerprint density at radius 2 is 1.06 bits per heavy atom. The van der Waals surface area contributed by atoms with Gasteiger partial charge in [-0.3, -0.25) is 52.7 Å². The van der Waals surface area contributed by atoms with Crippen LogP contribution in [0, 0.1) is 35.5 Å². The molecule has 25 nitrogen and oxygen atoms in total. The van der Waals surface area contributed by atoms with Crippen LogP contribution in [0.3, 0.4) is 0 Å². The fraction of sp³-hybridized carbons (Fsp3) is 0.792. The minimum Gasteiger partial charge on any atom is -0.390 e. The number of rotatable bonds is 23. The molecule has 0 bridgehead atoms. The van der Waals surface area contributed by atoms with Crippen LogP contribution in [0.15, 0.2) is 24.8 Å². The van der Waals surface area contributed by atoms with Crippen LogP contribution in [-0.4, -0.2) is 280 Å². The lowest BCUT2D eigenvalue weighted by Crippen LogP contribution is -2.64. The lowest BCUT2D eigenvalue weighted by Gasteiger charge is -2.41. The van der Waals surface area contributed by atoms with Gasteiger partial charge in [-0.15, -0.1) is 18.3 Å². The molecule has 0 aromatic heterocycles. The second-order valence-electron chi connectivity index (χ2n) is 29.8. The van der Waals surface area contributed by atoms with Gasteiger partial charge in [0.2, 0.25) is 59.1 Å². The van der Waals surface area contributed by atoms with Crippen LogP contribution in [0.5, 0.6) is 0 Å². The zero-order valence-electron chi connectivity index (χ0n) is 64.5. The summed E-state index contributed by atoms with van der Waals surface area (Å²) in [4.78, 5) is 177. The summed E-state index contributed by atoms with van der Waals surface area (Å²) < 4.78 is 6.19. The second-order valence-corrected chi connectivity index (χ2v) is 32.2. The van der Waals surface area contributed by atoms with E-state index in [2.05, 4.69) is 32.7 Å². The fourth-order valence-electron chi connectivity index (χ4n) is 12.5. The van der Waals surface area contributed by atoms with Crippen LogP contribution >= 0.6 is 23.5 Å². The third kappa shape index (κ3) is 26.2. The predicted octanol–water partition coefficient (Wildman–Crippen LogP) is 5.09. The Bertz CT molecular complexity index is 2730. The van der Waals surface area contributed by atoms with E-state index >= 15 is 38.4 Å². The van der Waals surface area contributed by atoms with Crippen molar-refractivity contribution < 1.29 is 62.6 Å². The first kappa shape index (κ1) is 89.3. The van der Waals surface area contributed by atoms with Gasteiger partial charge in [0.1, 0.15) is 60.4 Å². The average molecular weight is 1430 g/mol. The maximum atomic E-state index is 15.7. The summed E-state index contributed by atoms with van der Waals surface area (Å²) in [6.07, 6.45) is 4.83. The highest BCUT2D eigenvalue weighted by atomic mass is 32.2. The molecule has 27 heteroatoms. The van der Waals surface area contributed by atoms with E-state index in [0.29, 0.717) is 18.6 Å². The van der Waals surface area contributed by atoms with Crippen molar-refractivity contribution in [1.82, 2.24) is 60.5 Å². The number of nitrogens with zero attached hydrogens (tertiary/aromatic N) is 8. The molecule has 0 saturated carbocycles. The number of aliphatic hydroxyl groups excluding tert-OH is 1. The van der Waals surface area contributed by atoms with Gasteiger partial charge in [0, 0.05) is 80.3 Å². The zero-order chi connectivity index (χ0) is 75.8. The van der Waals surface area contributed by atoms with Crippen LogP contribution in [0.25, 0.3) is 0 Å². The highest BCUT2D eigenvalue weighted by Gasteiger charge is 2.47. The van der Waals surface area contributed by atoms with Crippen molar-refractivity contribution in [2.45, 2.75) is 240 Å². The second kappa shape index (κ2) is 42.0. The largest absolute Gasteiger partial charge is 0.390 e. The zero-order valence-corrected chi connectivity index (χ0v) is 66.1. The SMILES string of the molecule is C=CCOC(C)(C)C[C@H]1C(=O)N[C@@H](C(C)C)C(=O)N(C)[C@@H](CC(C)C)C(=O)N[C@@H](C)C(=O)N[C@H](C)C(=O)N(C)[C@@H](CC(C)C)C(=O)N(C)[C@@H](CC(C)C)C(=O)N(C)[C@@H](C(C)C)C(=O)N(C)[C@@H]([C@H](O)[C@H](C)C/C=C/C)C(=O)N[C@@H](CC)C(=O)N(C)[C@H](SCCCN2CCSCC2)C(=O)N1C. The Labute approximate surface area is 601 Å². The molecular weight excluding hydrogens is 1300 g/mol. The van der Waals surface area contributed by atoms with E-state index in [9.17, 15) is 19.5 Å². The van der Waals surface area contributed by atoms with Gasteiger partial charge in [-0.2, -0.15) is 11.8 Å². The van der Waals surface area contributed by atoms with E-state index in [0.717, 1.165) is 36.0 Å². The lowest BCUT2D eigenvalue weighted by molar-refractivity contribution is -0.157. The molecular formula is C72H128N12O13S2. The van der Waals surface area contributed by atoms with Gasteiger partial charge in [0.05, 0.1) is 18.3 Å². The quantitative estimate of drug-likeness (QED) is 0.0658. The van der Waals surface area contributed by atoms with Crippen LogP contribution in [0.4, 0.5) is 0 Å². The van der Waals surface area contributed by atoms with Crippen LogP contribution < -0.4 is 21.3 Å². The van der Waals surface area contributed by atoms with Crippen molar-refractivity contribution >= 4 is 88.5 Å². The van der Waals surface area contributed by atoms with Gasteiger partial charge in [-0.1, -0.05) is 101 Å². The van der Waals surface area contributed by atoms with Crippen molar-refractivity contribution in [3.8, 4) is 0 Å². The van der Waals surface area contributed by atoms with Crippen molar-refractivity contribution in [1.29, 1.82) is 0 Å². The van der Waals surface area contributed by atoms with E-state index in [4.69, 9.17) is 4.74 Å². The predicted molar refractivity (Wildman–Crippen MR) is 394 cm³/mol. The molecule has 5 N–H and O–H groups in total. The number of likely N-dealkylation sites (N-methyl/N-ethyl adjacent to an activating group) is 7. The molecule has 2 saturated heterocycles. The first-order valence-corrected chi connectivity index (χ1v) is 37.8. The van der Waals surface area contributed by atoms with Gasteiger partial charge < -0.3 is 70.3 Å². The molecule has 99 heavy (non-hydrogen) atoms. The van der Waals surface area contributed by atoms with Crippen molar-refractivity contribution in [2.75, 3.05) is 92.8 Å². The van der Waals surface area contributed by atoms with Gasteiger partial charge in [-0.25, -0.2) is 0 Å². The number of amides is 11. The van der Waals surface area contributed by atoms with Crippen molar-refractivity contribution in [3.05, 3.63) is 24.8 Å². The molecule has 0 aromatic rings. The Morgan fingerprint density at radius 3 is 1.57 bits per heavy atom. The number of nitrogens with one attached hydrogen (secondary N) is 4. The molecule has 0 radical (unpaired) electrons. The van der Waals surface area contributed by atoms with E-state index in [1.165, 1.54) is 104 Å². The summed E-state index contributed by atoms with van der Waals surface area (Å²) in [5, 5.41) is 22.3. The van der Waals surface area contributed by atoms with Gasteiger partial charge >= 0.3 is 0 Å². The van der Waals surface area contributed by atoms with Gasteiger partial charge in [-0.05, 0) is 121 Å². The number of aliphatic hydroxyl groups is 1. The lowest BCUT2D eigenvalue weighted by atomic mass is 9.91. The number of ether oxygens (including phenoxy) is 1. The Hall–Kier alpha value is -5.77. The molecule has 0 aromatic carbocycles. The maximum absolute atomic E-state index is 15.7. The van der Waals surface area contributed by atoms with E-state index in [-0.39, 0.29) is 56.5 Å². The third-order valence-corrected chi connectivity index (χ3v) is 21.1. The molecule has 2 aliphatic rings. The number of thioether (sulfide) groups is 2. The van der Waals surface area contributed by atoms with Gasteiger partial charge in [0.15, 0.2) is 5.37 Å². The molecule has 566 valence electrons. The number of allylic oxidation sites excluding steroid dienone is 2. The smallest absolute Gasteiger partial charge is 0.256 e. The first-order chi connectivity index (χ1) is 46.0.